The van der Waals surface area contributed by atoms with Gasteiger partial charge in [0.2, 0.25) is 21.8 Å². The number of sulfonamides is 1. The van der Waals surface area contributed by atoms with E-state index in [-0.39, 0.29) is 12.3 Å². The number of hydrogen-bond acceptors (Lipinski definition) is 6. The van der Waals surface area contributed by atoms with Crippen molar-refractivity contribution in [1.82, 2.24) is 14.5 Å². The molecule has 10 nitrogen and oxygen atoms in total. The molecule has 3 rings (SSSR count). The molecule has 0 spiro atoms. The number of carbonyl (C=O) groups is 3. The van der Waals surface area contributed by atoms with Gasteiger partial charge >= 0.3 is 6.03 Å². The first kappa shape index (κ1) is 26.6. The van der Waals surface area contributed by atoms with E-state index in [1.807, 2.05) is 5.32 Å². The molecule has 15 heteroatoms. The first-order valence-corrected chi connectivity index (χ1v) is 12.2. The van der Waals surface area contributed by atoms with E-state index in [0.29, 0.717) is 21.5 Å². The number of nitrogens with two attached hydrogens (primary N) is 1. The quantitative estimate of drug-likeness (QED) is 0.527. The van der Waals surface area contributed by atoms with Gasteiger partial charge in [-0.05, 0) is 36.4 Å². The monoisotopic (exact) mass is 550 g/mol. The molecule has 1 fully saturated rings. The SMILES string of the molecule is NC(=O)[C@H]1CN(C(=O)NC(=O)CCl)CCN1S(=O)(=O)c1cc(F)c(Oc2ccc(Cl)cc2)c(F)c1. The fraction of sp³-hybridized carbons (Fsp3) is 0.250. The zero-order chi connectivity index (χ0) is 25.9. The average molecular weight is 551 g/mol. The number of halogens is 4. The van der Waals surface area contributed by atoms with Gasteiger partial charge in [0, 0.05) is 24.7 Å². The number of carbonyl (C=O) groups excluding carboxylic acids is 3. The second kappa shape index (κ2) is 10.7. The Kier molecular flexibility index (Phi) is 8.15. The molecule has 1 saturated heterocycles. The maximum atomic E-state index is 14.7. The van der Waals surface area contributed by atoms with E-state index in [2.05, 4.69) is 0 Å². The van der Waals surface area contributed by atoms with Crippen molar-refractivity contribution < 1.29 is 36.3 Å². The van der Waals surface area contributed by atoms with Crippen LogP contribution < -0.4 is 15.8 Å². The van der Waals surface area contributed by atoms with E-state index < -0.39 is 75.2 Å². The number of primary amides is 1. The van der Waals surface area contributed by atoms with E-state index in [1.165, 1.54) is 24.3 Å². The molecule has 2 aromatic carbocycles. The lowest BCUT2D eigenvalue weighted by Crippen LogP contribution is -2.62. The predicted octanol–water partition coefficient (Wildman–Crippen LogP) is 2.05. The third-order valence-corrected chi connectivity index (χ3v) is 7.31. The van der Waals surface area contributed by atoms with Gasteiger partial charge in [0.25, 0.3) is 0 Å². The molecule has 0 saturated carbocycles. The Morgan fingerprint density at radius 3 is 2.26 bits per heavy atom. The molecule has 35 heavy (non-hydrogen) atoms. The van der Waals surface area contributed by atoms with Gasteiger partial charge in [-0.3, -0.25) is 14.9 Å². The largest absolute Gasteiger partial charge is 0.451 e. The van der Waals surface area contributed by atoms with E-state index in [9.17, 15) is 31.6 Å². The Morgan fingerprint density at radius 1 is 1.11 bits per heavy atom. The predicted molar refractivity (Wildman–Crippen MR) is 121 cm³/mol. The van der Waals surface area contributed by atoms with Gasteiger partial charge < -0.3 is 15.4 Å². The van der Waals surface area contributed by atoms with Crippen molar-refractivity contribution in [2.24, 2.45) is 5.73 Å². The average Bonchev–Trinajstić information content (AvgIpc) is 2.81. The zero-order valence-corrected chi connectivity index (χ0v) is 20.0. The number of nitrogens with zero attached hydrogens (tertiary/aromatic N) is 2. The van der Waals surface area contributed by atoms with Gasteiger partial charge in [-0.25, -0.2) is 22.0 Å². The van der Waals surface area contributed by atoms with Gasteiger partial charge in [-0.2, -0.15) is 4.31 Å². The summed E-state index contributed by atoms with van der Waals surface area (Å²) < 4.78 is 61.5. The number of urea groups is 1. The fourth-order valence-electron chi connectivity index (χ4n) is 3.24. The molecule has 0 radical (unpaired) electrons. The molecule has 0 unspecified atom stereocenters. The van der Waals surface area contributed by atoms with Crippen LogP contribution in [-0.4, -0.2) is 67.0 Å². The summed E-state index contributed by atoms with van der Waals surface area (Å²) in [6.45, 7) is -1.18. The molecule has 1 aliphatic rings. The molecule has 3 N–H and O–H groups in total. The van der Waals surface area contributed by atoms with Gasteiger partial charge in [0.1, 0.15) is 17.7 Å². The molecule has 188 valence electrons. The minimum Gasteiger partial charge on any atom is -0.451 e. The molecular weight excluding hydrogens is 533 g/mol. The van der Waals surface area contributed by atoms with Crippen molar-refractivity contribution >= 4 is 51.1 Å². The Morgan fingerprint density at radius 2 is 1.71 bits per heavy atom. The highest BCUT2D eigenvalue weighted by atomic mass is 35.5. The number of ether oxygens (including phenoxy) is 1. The van der Waals surface area contributed by atoms with E-state index in [4.69, 9.17) is 33.7 Å². The van der Waals surface area contributed by atoms with Crippen molar-refractivity contribution in [3.63, 3.8) is 0 Å². The lowest BCUT2D eigenvalue weighted by molar-refractivity contribution is -0.122. The highest BCUT2D eigenvalue weighted by molar-refractivity contribution is 7.89. The van der Waals surface area contributed by atoms with Gasteiger partial charge in [0.15, 0.2) is 17.4 Å². The summed E-state index contributed by atoms with van der Waals surface area (Å²) in [4.78, 5) is 35.7. The summed E-state index contributed by atoms with van der Waals surface area (Å²) >= 11 is 11.1. The molecule has 2 aromatic rings. The van der Waals surface area contributed by atoms with E-state index >= 15 is 0 Å². The maximum Gasteiger partial charge on any atom is 0.324 e. The first-order chi connectivity index (χ1) is 16.4. The summed E-state index contributed by atoms with van der Waals surface area (Å²) in [6, 6.07) is 4.20. The van der Waals surface area contributed by atoms with Crippen LogP contribution in [0.4, 0.5) is 13.6 Å². The third kappa shape index (κ3) is 5.99. The number of hydrogen-bond donors (Lipinski definition) is 2. The van der Waals surface area contributed by atoms with Crippen LogP contribution in [0, 0.1) is 11.6 Å². The Hall–Kier alpha value is -3.00. The van der Waals surface area contributed by atoms with Crippen molar-refractivity contribution in [1.29, 1.82) is 0 Å². The fourth-order valence-corrected chi connectivity index (χ4v) is 5.04. The minimum absolute atomic E-state index is 0.0543. The van der Waals surface area contributed by atoms with Crippen LogP contribution >= 0.6 is 23.2 Å². The topological polar surface area (TPSA) is 139 Å². The van der Waals surface area contributed by atoms with Gasteiger partial charge in [-0.1, -0.05) is 11.6 Å². The van der Waals surface area contributed by atoms with Crippen LogP contribution in [0.15, 0.2) is 41.3 Å². The van der Waals surface area contributed by atoms with Crippen LogP contribution in [0.1, 0.15) is 0 Å². The molecule has 1 heterocycles. The van der Waals surface area contributed by atoms with E-state index in [0.717, 1.165) is 4.90 Å². The van der Waals surface area contributed by atoms with Crippen LogP contribution in [0.25, 0.3) is 0 Å². The Balaban J connectivity index is 1.86. The van der Waals surface area contributed by atoms with E-state index in [1.54, 1.807) is 0 Å². The Labute approximate surface area is 208 Å². The molecule has 0 aromatic heterocycles. The van der Waals surface area contributed by atoms with Crippen LogP contribution in [0.5, 0.6) is 11.5 Å². The normalized spacial score (nSPS) is 16.6. The lowest BCUT2D eigenvalue weighted by Gasteiger charge is -2.38. The molecule has 0 aliphatic carbocycles. The minimum atomic E-state index is -4.64. The molecule has 0 bridgehead atoms. The van der Waals surface area contributed by atoms with Gasteiger partial charge in [-0.15, -0.1) is 11.6 Å². The number of piperazine rings is 1. The summed E-state index contributed by atoms with van der Waals surface area (Å²) in [5, 5.41) is 2.33. The summed E-state index contributed by atoms with van der Waals surface area (Å²) in [5.74, 6) is -5.82. The van der Waals surface area contributed by atoms with Crippen LogP contribution in [0.2, 0.25) is 5.02 Å². The molecule has 4 amide bonds. The van der Waals surface area contributed by atoms with Crippen molar-refractivity contribution in [3.8, 4) is 11.5 Å². The number of benzene rings is 2. The number of amides is 4. The molecule has 1 atom stereocenters. The third-order valence-electron chi connectivity index (χ3n) is 4.93. The highest BCUT2D eigenvalue weighted by Crippen LogP contribution is 2.32. The van der Waals surface area contributed by atoms with Crippen molar-refractivity contribution in [3.05, 3.63) is 53.1 Å². The second-order valence-electron chi connectivity index (χ2n) is 7.24. The summed E-state index contributed by atoms with van der Waals surface area (Å²) in [5.41, 5.74) is 5.33. The lowest BCUT2D eigenvalue weighted by atomic mass is 10.2. The second-order valence-corrected chi connectivity index (χ2v) is 9.83. The maximum absolute atomic E-state index is 14.7. The number of rotatable bonds is 6. The van der Waals surface area contributed by atoms with Gasteiger partial charge in [0.05, 0.1) is 4.90 Å². The Bertz CT molecular complexity index is 1240. The number of nitrogens with one attached hydrogen (secondary N) is 1. The number of alkyl halides is 1. The highest BCUT2D eigenvalue weighted by Gasteiger charge is 2.41. The smallest absolute Gasteiger partial charge is 0.324 e. The van der Waals surface area contributed by atoms with Crippen molar-refractivity contribution in [2.75, 3.05) is 25.5 Å². The van der Waals surface area contributed by atoms with Crippen LogP contribution in [0.3, 0.4) is 0 Å². The zero-order valence-electron chi connectivity index (χ0n) is 17.7. The van der Waals surface area contributed by atoms with Crippen LogP contribution in [-0.2, 0) is 19.6 Å². The summed E-state index contributed by atoms with van der Waals surface area (Å²) in [6.07, 6.45) is 0. The standard InChI is InChI=1S/C20H18Cl2F2N4O6S/c21-9-17(29)26-20(31)27-5-6-28(16(10-27)19(25)30)35(32,33)13-7-14(23)18(15(24)8-13)34-12-3-1-11(22)2-4-12/h1-4,7-8,16H,5-6,9-10H2,(H2,25,30)(H,26,29,31)/t16-/m1/s1. The van der Waals surface area contributed by atoms with Crippen molar-refractivity contribution in [2.45, 2.75) is 10.9 Å². The molecule has 1 aliphatic heterocycles. The molecular formula is C20H18Cl2F2N4O6S. The first-order valence-electron chi connectivity index (χ1n) is 9.82. The number of imide groups is 1. The summed E-state index contributed by atoms with van der Waals surface area (Å²) in [7, 11) is -4.64.